The highest BCUT2D eigenvalue weighted by Crippen LogP contribution is 2.61. The molecule has 1 fully saturated rings. The normalized spacial score (nSPS) is 25.3. The van der Waals surface area contributed by atoms with Crippen molar-refractivity contribution in [1.82, 2.24) is 19.5 Å². The van der Waals surface area contributed by atoms with Crippen LogP contribution in [0.3, 0.4) is 0 Å². The lowest BCUT2D eigenvalue weighted by Gasteiger charge is -2.40. The Hall–Kier alpha value is -2.06. The summed E-state index contributed by atoms with van der Waals surface area (Å²) in [6.45, 7) is 6.59. The van der Waals surface area contributed by atoms with Gasteiger partial charge in [-0.1, -0.05) is 27.7 Å². The van der Waals surface area contributed by atoms with Crippen LogP contribution in [-0.2, 0) is 13.8 Å². The van der Waals surface area contributed by atoms with Gasteiger partial charge >= 0.3 is 13.3 Å². The van der Waals surface area contributed by atoms with Crippen molar-refractivity contribution >= 4 is 24.7 Å². The Morgan fingerprint density at radius 3 is 2.26 bits per heavy atom. The lowest BCUT2D eigenvalue weighted by molar-refractivity contribution is -0.0768. The van der Waals surface area contributed by atoms with Gasteiger partial charge in [-0.2, -0.15) is 4.98 Å². The Kier molecular flexibility index (Phi) is 7.68. The van der Waals surface area contributed by atoms with Crippen molar-refractivity contribution in [1.29, 1.82) is 0 Å². The van der Waals surface area contributed by atoms with Gasteiger partial charge < -0.3 is 30.7 Å². The summed E-state index contributed by atoms with van der Waals surface area (Å²) in [5, 5.41) is 30.2. The number of H-pyrrole nitrogens is 2. The first-order valence-corrected chi connectivity index (χ1v) is 13.1. The van der Waals surface area contributed by atoms with E-state index in [-0.39, 0.29) is 49.2 Å². The molecule has 1 aliphatic rings. The van der Waals surface area contributed by atoms with Crippen molar-refractivity contribution < 1.29 is 34.0 Å². The Bertz CT molecular complexity index is 1220. The maximum atomic E-state index is 13.1. The molecule has 3 heterocycles. The zero-order chi connectivity index (χ0) is 26.3. The Labute approximate surface area is 200 Å². The van der Waals surface area contributed by atoms with Crippen LogP contribution < -0.4 is 17.0 Å². The van der Waals surface area contributed by atoms with Crippen molar-refractivity contribution in [3.8, 4) is 0 Å². The van der Waals surface area contributed by atoms with Crippen molar-refractivity contribution in [3.05, 3.63) is 20.8 Å². The van der Waals surface area contributed by atoms with E-state index >= 15 is 0 Å². The zero-order valence-electron chi connectivity index (χ0n) is 20.1. The third-order valence-corrected chi connectivity index (χ3v) is 9.35. The maximum absolute atomic E-state index is 13.1. The first kappa shape index (κ1) is 27.5. The molecule has 198 valence electrons. The Morgan fingerprint density at radius 1 is 1.11 bits per heavy atom. The van der Waals surface area contributed by atoms with Crippen LogP contribution in [0.1, 0.15) is 66.0 Å². The Morgan fingerprint density at radius 2 is 1.71 bits per heavy atom. The molecule has 1 saturated heterocycles. The van der Waals surface area contributed by atoms with Gasteiger partial charge in [0, 0.05) is 6.42 Å². The Balaban J connectivity index is 1.95. The van der Waals surface area contributed by atoms with Crippen LogP contribution in [0.25, 0.3) is 11.2 Å². The third-order valence-electron chi connectivity index (χ3n) is 7.03. The highest BCUT2D eigenvalue weighted by Gasteiger charge is 2.53. The molecule has 5 unspecified atom stereocenters. The predicted octanol–water partition coefficient (Wildman–Crippen LogP) is 0.274. The van der Waals surface area contributed by atoms with E-state index in [1.165, 1.54) is 0 Å². The number of nitrogens with one attached hydrogen (secondary N) is 2. The van der Waals surface area contributed by atoms with Gasteiger partial charge in [0.2, 0.25) is 5.95 Å². The number of hydrogen-bond acceptors (Lipinski definition) is 10. The molecule has 15 heteroatoms. The second-order valence-electron chi connectivity index (χ2n) is 8.89. The molecule has 2 aromatic heterocycles. The standard InChI is InChI=1S/C20H34N5O9P/c1-5-19(6-2,34-35(31,32)20(30,7-3)8-4)9-10-12(26)13(27)16(33-10)25-14-11(22-18(25)29)15(28)24-17(21)23-14/h10,12-13,16,26-27,30H,5-9H2,1-4H3,(H,22,29)(H,31,32)(H3,21,23,24,28). The highest BCUT2D eigenvalue weighted by molar-refractivity contribution is 7.54. The van der Waals surface area contributed by atoms with Gasteiger partial charge in [0.05, 0.1) is 11.7 Å². The number of rotatable bonds is 10. The number of aliphatic hydroxyl groups excluding tert-OH is 2. The maximum Gasteiger partial charge on any atom is 0.359 e. The highest BCUT2D eigenvalue weighted by atomic mass is 31.2. The van der Waals surface area contributed by atoms with Crippen LogP contribution in [-0.4, -0.2) is 69.0 Å². The summed E-state index contributed by atoms with van der Waals surface area (Å²) in [5.74, 6) is -0.262. The third kappa shape index (κ3) is 4.71. The van der Waals surface area contributed by atoms with Gasteiger partial charge in [0.15, 0.2) is 22.7 Å². The molecule has 8 N–H and O–H groups in total. The average Bonchev–Trinajstić information content (AvgIpc) is 3.28. The molecule has 3 rings (SSSR count). The van der Waals surface area contributed by atoms with Crippen LogP contribution in [0.2, 0.25) is 0 Å². The minimum atomic E-state index is -4.54. The van der Waals surface area contributed by atoms with Crippen molar-refractivity contribution in [3.63, 3.8) is 0 Å². The van der Waals surface area contributed by atoms with Crippen LogP contribution in [0.15, 0.2) is 9.59 Å². The molecule has 0 bridgehead atoms. The van der Waals surface area contributed by atoms with Gasteiger partial charge in [0.1, 0.15) is 12.2 Å². The summed E-state index contributed by atoms with van der Waals surface area (Å²) in [6, 6.07) is 0. The van der Waals surface area contributed by atoms with Crippen molar-refractivity contribution in [2.75, 3.05) is 5.73 Å². The SMILES string of the molecule is CCC(CC)(CC1OC(n2c(=O)[nH]c3c(=O)[nH]c(N)nc32)C(O)C1O)OP(=O)(O)C(O)(CC)CC. The molecule has 0 aromatic carbocycles. The van der Waals surface area contributed by atoms with Gasteiger partial charge in [-0.15, -0.1) is 0 Å². The molecule has 0 aliphatic carbocycles. The second kappa shape index (κ2) is 9.77. The van der Waals surface area contributed by atoms with E-state index in [2.05, 4.69) is 15.0 Å². The van der Waals surface area contributed by atoms with Crippen molar-refractivity contribution in [2.24, 2.45) is 0 Å². The summed E-state index contributed by atoms with van der Waals surface area (Å²) in [4.78, 5) is 43.9. The first-order chi connectivity index (χ1) is 16.3. The number of nitrogen functional groups attached to an aromatic ring is 1. The monoisotopic (exact) mass is 519 g/mol. The number of nitrogens with zero attached hydrogens (tertiary/aromatic N) is 2. The number of hydrogen-bond donors (Lipinski definition) is 7. The van der Waals surface area contributed by atoms with E-state index in [0.717, 1.165) is 4.57 Å². The molecule has 14 nitrogen and oxygen atoms in total. The molecule has 35 heavy (non-hydrogen) atoms. The predicted molar refractivity (Wildman–Crippen MR) is 126 cm³/mol. The number of nitrogens with two attached hydrogens (primary N) is 1. The van der Waals surface area contributed by atoms with Crippen LogP contribution in [0, 0.1) is 0 Å². The minimum Gasteiger partial charge on any atom is -0.388 e. The summed E-state index contributed by atoms with van der Waals surface area (Å²) in [7, 11) is -4.54. The lowest BCUT2D eigenvalue weighted by atomic mass is 9.88. The fourth-order valence-electron chi connectivity index (χ4n) is 4.44. The summed E-state index contributed by atoms with van der Waals surface area (Å²) >= 11 is 0. The molecule has 5 atom stereocenters. The number of aromatic nitrogens is 4. The number of aromatic amines is 2. The zero-order valence-corrected chi connectivity index (χ0v) is 21.0. The molecule has 0 spiro atoms. The second-order valence-corrected chi connectivity index (χ2v) is 10.9. The summed E-state index contributed by atoms with van der Waals surface area (Å²) in [6.07, 6.45) is -5.36. The summed E-state index contributed by atoms with van der Waals surface area (Å²) in [5.41, 5.74) is 2.43. The topological polar surface area (TPSA) is 226 Å². The smallest absolute Gasteiger partial charge is 0.359 e. The fraction of sp³-hybridized carbons (Fsp3) is 0.750. The van der Waals surface area contributed by atoms with Crippen LogP contribution in [0.4, 0.5) is 5.95 Å². The van der Waals surface area contributed by atoms with Gasteiger partial charge in [-0.05, 0) is 25.7 Å². The van der Waals surface area contributed by atoms with E-state index < -0.39 is 54.3 Å². The van der Waals surface area contributed by atoms with Crippen LogP contribution >= 0.6 is 7.60 Å². The number of anilines is 1. The van der Waals surface area contributed by atoms with E-state index in [9.17, 15) is 34.4 Å². The quantitative estimate of drug-likeness (QED) is 0.211. The number of aliphatic hydroxyl groups is 3. The minimum absolute atomic E-state index is 0.0110. The number of ether oxygens (including phenoxy) is 1. The largest absolute Gasteiger partial charge is 0.388 e. The number of fused-ring (bicyclic) bond motifs is 1. The lowest BCUT2D eigenvalue weighted by Crippen LogP contribution is -2.42. The van der Waals surface area contributed by atoms with Gasteiger partial charge in [0.25, 0.3) is 5.56 Å². The van der Waals surface area contributed by atoms with E-state index in [4.69, 9.17) is 15.0 Å². The van der Waals surface area contributed by atoms with Gasteiger partial charge in [-0.3, -0.25) is 23.9 Å². The molecular weight excluding hydrogens is 485 g/mol. The molecule has 1 aliphatic heterocycles. The van der Waals surface area contributed by atoms with Crippen molar-refractivity contribution in [2.45, 2.75) is 95.3 Å². The van der Waals surface area contributed by atoms with E-state index in [1.54, 1.807) is 27.7 Å². The summed E-state index contributed by atoms with van der Waals surface area (Å²) < 4.78 is 25.5. The van der Waals surface area contributed by atoms with E-state index in [1.807, 2.05) is 0 Å². The fourth-order valence-corrected chi connectivity index (χ4v) is 6.27. The van der Waals surface area contributed by atoms with Gasteiger partial charge in [-0.25, -0.2) is 9.36 Å². The van der Waals surface area contributed by atoms with E-state index in [0.29, 0.717) is 0 Å². The van der Waals surface area contributed by atoms with Crippen LogP contribution in [0.5, 0.6) is 0 Å². The molecule has 0 radical (unpaired) electrons. The average molecular weight is 519 g/mol. The molecule has 0 amide bonds. The molecular formula is C20H34N5O9P. The first-order valence-electron chi connectivity index (χ1n) is 11.6. The number of imidazole rings is 1. The molecule has 0 saturated carbocycles. The molecule has 2 aromatic rings.